The summed E-state index contributed by atoms with van der Waals surface area (Å²) in [5.41, 5.74) is -1.98. The van der Waals surface area contributed by atoms with E-state index in [1.807, 2.05) is 191 Å². The van der Waals surface area contributed by atoms with Gasteiger partial charge in [0, 0.05) is 77.9 Å². The summed E-state index contributed by atoms with van der Waals surface area (Å²) in [6.07, 6.45) is 0.219. The van der Waals surface area contributed by atoms with E-state index in [9.17, 15) is 32.9 Å². The summed E-state index contributed by atoms with van der Waals surface area (Å²) in [6.45, 7) is 4.29. The van der Waals surface area contributed by atoms with E-state index in [-0.39, 0.29) is 45.6 Å². The molecule has 0 spiro atoms. The van der Waals surface area contributed by atoms with Gasteiger partial charge in [-0.05, 0) is 151 Å². The van der Waals surface area contributed by atoms with Gasteiger partial charge in [-0.15, -0.1) is 0 Å². The van der Waals surface area contributed by atoms with Gasteiger partial charge in [0.25, 0.3) is 6.71 Å². The quantitative estimate of drug-likeness (QED) is 0.120. The van der Waals surface area contributed by atoms with Gasteiger partial charge in [0.15, 0.2) is 0 Å². The summed E-state index contributed by atoms with van der Waals surface area (Å²) < 4.78 is 297. The molecular weight excluding hydrogens is 1210 g/mol. The summed E-state index contributed by atoms with van der Waals surface area (Å²) in [4.78, 5) is 3.56. The van der Waals surface area contributed by atoms with Crippen molar-refractivity contribution >= 4 is 101 Å². The molecule has 0 amide bonds. The molecular formula is C95H69BN4. The number of anilines is 6. The molecule has 0 saturated carbocycles. The molecule has 0 fully saturated rings. The molecule has 472 valence electrons. The van der Waals surface area contributed by atoms with Crippen LogP contribution in [0, 0.1) is 5.41 Å². The van der Waals surface area contributed by atoms with Crippen molar-refractivity contribution in [2.75, 3.05) is 9.80 Å². The van der Waals surface area contributed by atoms with E-state index in [0.29, 0.717) is 61.4 Å². The molecule has 2 aliphatic rings. The number of benzene rings is 15. The fourth-order valence-electron chi connectivity index (χ4n) is 14.4. The van der Waals surface area contributed by atoms with Crippen molar-refractivity contribution in [3.05, 3.63) is 357 Å². The Balaban J connectivity index is 1.06. The molecule has 0 N–H and O–H groups in total. The van der Waals surface area contributed by atoms with Gasteiger partial charge in [0.2, 0.25) is 0 Å². The Morgan fingerprint density at radius 2 is 0.670 bits per heavy atom. The third-order valence-corrected chi connectivity index (χ3v) is 18.5. The second kappa shape index (κ2) is 23.7. The first-order chi connectivity index (χ1) is 61.8. The molecule has 0 radical (unpaired) electrons. The van der Waals surface area contributed by atoms with Gasteiger partial charge >= 0.3 is 0 Å². The third kappa shape index (κ3) is 9.75. The van der Waals surface area contributed by atoms with Crippen molar-refractivity contribution < 1.29 is 41.1 Å². The molecule has 15 aromatic carbocycles. The van der Waals surface area contributed by atoms with Crippen LogP contribution in [0.2, 0.25) is 0 Å². The molecule has 0 bridgehead atoms. The van der Waals surface area contributed by atoms with Crippen LogP contribution in [0.4, 0.5) is 34.1 Å². The summed E-state index contributed by atoms with van der Waals surface area (Å²) in [6, 6.07) is 26.2. The molecule has 5 heteroatoms. The maximum Gasteiger partial charge on any atom is 0.252 e. The Bertz CT molecular complexity index is 7310. The van der Waals surface area contributed by atoms with E-state index >= 15 is 0 Å². The summed E-state index contributed by atoms with van der Waals surface area (Å²) in [5.74, 6) is 0. The van der Waals surface area contributed by atoms with Crippen LogP contribution < -0.4 is 26.2 Å². The van der Waals surface area contributed by atoms with Gasteiger partial charge in [-0.3, -0.25) is 0 Å². The maximum atomic E-state index is 11.8. The molecule has 0 unspecified atom stereocenters. The average molecular weight is 1310 g/mol. The Hall–Kier alpha value is -12.4. The minimum atomic E-state index is -1.76. The molecule has 0 saturated heterocycles. The minimum Gasteiger partial charge on any atom is -0.310 e. The SMILES string of the molecule is [2H]c1c([2H])c([2H])c(-c2c([2H])c([2H])c3c(c2[2H])c2c([2H])c([2H])c([2H])c([2H])c2n3-c2c([2H])c([2H])c3c(c2[2H])N(c2c(-c4ccccc4)cccc2-c2ccccc2)c2cc(CC(C)(C)C)cc4c2B3c2c([2H])c([2H])c(-n3c5c([2H])c([2H])c([2H])c([2H])c5c5c([2H])c(-c6c([2H])c([2H])c([2H])c([2H])c6[2H])c([2H])c([2H])c53)c([2H])c2N4c2c(-c3ccccc3)cccc2-c2ccccc2)c([2H])c1[2H]. The fraction of sp³-hybridized carbons (Fsp3) is 0.0526. The second-order valence-corrected chi connectivity index (χ2v) is 25.8. The van der Waals surface area contributed by atoms with Crippen molar-refractivity contribution in [3.63, 3.8) is 0 Å². The Morgan fingerprint density at radius 1 is 0.310 bits per heavy atom. The number of fused-ring (bicyclic) bond motifs is 10. The summed E-state index contributed by atoms with van der Waals surface area (Å²) in [7, 11) is 0. The maximum absolute atomic E-state index is 11.8. The van der Waals surface area contributed by atoms with Crippen LogP contribution in [0.1, 0.15) is 67.5 Å². The van der Waals surface area contributed by atoms with Gasteiger partial charge in [-0.25, -0.2) is 0 Å². The van der Waals surface area contributed by atoms with Gasteiger partial charge in [0.05, 0.1) is 74.6 Å². The molecule has 2 aromatic heterocycles. The van der Waals surface area contributed by atoms with E-state index in [1.54, 1.807) is 9.80 Å². The fourth-order valence-corrected chi connectivity index (χ4v) is 14.4. The predicted molar refractivity (Wildman–Crippen MR) is 425 cm³/mol. The van der Waals surface area contributed by atoms with Crippen LogP contribution in [0.15, 0.2) is 351 Å². The van der Waals surface area contributed by atoms with Gasteiger partial charge in [0.1, 0.15) is 0 Å². The standard InChI is InChI=1S/C95H69BN4/c1-95(2,3)62-63-56-90-92-91(57-63)100(94-76(68-36-18-8-19-37-68)44-27-45-77(94)69-38-20-9-21-39-69)89-61-73(98-85-47-25-23-41-79(85)81-59-71(49-55-87(81)98)65-30-12-5-13-31-65)51-53-83(89)96(92)82-52-50-72(97-84-46-24-22-40-78(84)80-58-70(48-54-86(80)97)64-28-10-4-11-29-64)60-88(82)99(90)93-74(66-32-14-6-15-33-66)42-26-43-75(93)67-34-16-7-17-35-67/h4-61H,62H2,1-3H3/i4D,5D,10D,11D,12D,13D,22D,23D,24D,25D,28D,29D,30D,31D,40D,41D,46D,47D,48D,49D,50D,51D,52D,53D,54D,55D,58D,59D,60D,61D. The van der Waals surface area contributed by atoms with Gasteiger partial charge in [-0.1, -0.05) is 299 Å². The molecule has 4 heterocycles. The smallest absolute Gasteiger partial charge is 0.252 e. The largest absolute Gasteiger partial charge is 0.310 e. The highest BCUT2D eigenvalue weighted by atomic mass is 15.2. The molecule has 4 nitrogen and oxygen atoms in total. The zero-order chi connectivity index (χ0) is 92.7. The number of hydrogen-bond acceptors (Lipinski definition) is 2. The molecule has 0 aliphatic carbocycles. The minimum absolute atomic E-state index is 0.218. The Kier molecular flexibility index (Phi) is 8.46. The lowest BCUT2D eigenvalue weighted by Gasteiger charge is -2.46. The van der Waals surface area contributed by atoms with Gasteiger partial charge in [-0.2, -0.15) is 0 Å². The van der Waals surface area contributed by atoms with Crippen LogP contribution in [0.25, 0.3) is 122 Å². The topological polar surface area (TPSA) is 16.3 Å². The van der Waals surface area contributed by atoms with E-state index in [4.69, 9.17) is 8.22 Å². The number of rotatable bonds is 11. The summed E-state index contributed by atoms with van der Waals surface area (Å²) in [5, 5.41) is -2.12. The normalized spacial score (nSPS) is 16.7. The highest BCUT2D eigenvalue weighted by molar-refractivity contribution is 7.00. The monoisotopic (exact) mass is 1310 g/mol. The van der Waals surface area contributed by atoms with Crippen molar-refractivity contribution in [2.45, 2.75) is 27.2 Å². The number of aromatic nitrogens is 2. The molecule has 100 heavy (non-hydrogen) atoms. The van der Waals surface area contributed by atoms with Crippen LogP contribution in [0.5, 0.6) is 0 Å². The zero-order valence-corrected chi connectivity index (χ0v) is 53.7. The first kappa shape index (κ1) is 35.7. The van der Waals surface area contributed by atoms with Crippen LogP contribution in [-0.4, -0.2) is 15.8 Å². The zero-order valence-electron chi connectivity index (χ0n) is 83.7. The molecule has 17 aromatic rings. The Labute approximate surface area is 626 Å². The lowest BCUT2D eigenvalue weighted by molar-refractivity contribution is 0.411. The number of hydrogen-bond donors (Lipinski definition) is 0. The van der Waals surface area contributed by atoms with Crippen LogP contribution >= 0.6 is 0 Å². The van der Waals surface area contributed by atoms with Gasteiger partial charge < -0.3 is 18.9 Å². The first-order valence-corrected chi connectivity index (χ1v) is 32.5. The van der Waals surface area contributed by atoms with Crippen molar-refractivity contribution in [1.82, 2.24) is 9.13 Å². The Morgan fingerprint density at radius 3 is 1.05 bits per heavy atom. The van der Waals surface area contributed by atoms with E-state index in [2.05, 4.69) is 0 Å². The van der Waals surface area contributed by atoms with E-state index in [0.717, 1.165) is 9.13 Å². The summed E-state index contributed by atoms with van der Waals surface area (Å²) >= 11 is 0. The number of para-hydroxylation sites is 4. The van der Waals surface area contributed by atoms with Crippen molar-refractivity contribution in [3.8, 4) is 78.1 Å². The lowest BCUT2D eigenvalue weighted by atomic mass is 9.33. The van der Waals surface area contributed by atoms with Crippen molar-refractivity contribution in [1.29, 1.82) is 0 Å². The van der Waals surface area contributed by atoms with E-state index in [1.165, 1.54) is 0 Å². The average Bonchev–Trinajstić information content (AvgIpc) is 0.895. The third-order valence-electron chi connectivity index (χ3n) is 18.5. The van der Waals surface area contributed by atoms with Crippen LogP contribution in [-0.2, 0) is 6.42 Å². The predicted octanol–water partition coefficient (Wildman–Crippen LogP) is 23.6. The van der Waals surface area contributed by atoms with Crippen LogP contribution in [0.3, 0.4) is 0 Å². The first-order valence-electron chi connectivity index (χ1n) is 47.5. The lowest BCUT2D eigenvalue weighted by Crippen LogP contribution is -2.61. The molecule has 2 aliphatic heterocycles. The molecule has 19 rings (SSSR count). The van der Waals surface area contributed by atoms with Crippen molar-refractivity contribution in [2.24, 2.45) is 5.41 Å². The highest BCUT2D eigenvalue weighted by Crippen LogP contribution is 2.54. The second-order valence-electron chi connectivity index (χ2n) is 25.8. The molecule has 0 atom stereocenters. The highest BCUT2D eigenvalue weighted by Gasteiger charge is 2.46. The van der Waals surface area contributed by atoms with E-state index < -0.39 is 271 Å². The number of nitrogens with zero attached hydrogens (tertiary/aromatic N) is 4.